The second-order valence-corrected chi connectivity index (χ2v) is 7.70. The van der Waals surface area contributed by atoms with Crippen LogP contribution in [0.15, 0.2) is 140 Å². The molecule has 0 fully saturated rings. The summed E-state index contributed by atoms with van der Waals surface area (Å²) in [6.07, 6.45) is 10.5. The van der Waals surface area contributed by atoms with Crippen LogP contribution >= 0.6 is 0 Å². The number of aromatic carboxylic acids is 2. The predicted octanol–water partition coefficient (Wildman–Crippen LogP) is 4.07. The van der Waals surface area contributed by atoms with Gasteiger partial charge in [-0.15, -0.1) is 11.4 Å². The second-order valence-electron chi connectivity index (χ2n) is 7.70. The molecular weight excluding hydrogens is 621 g/mol. The molecule has 0 aliphatic heterocycles. The van der Waals surface area contributed by atoms with Crippen molar-refractivity contribution >= 4 is 11.9 Å². The minimum atomic E-state index is -1.37. The van der Waals surface area contributed by atoms with E-state index in [4.69, 9.17) is 5.11 Å². The van der Waals surface area contributed by atoms with E-state index in [-0.39, 0.29) is 30.9 Å². The summed E-state index contributed by atoms with van der Waals surface area (Å²) in [7, 11) is 0. The number of carbonyl (C=O) groups excluding carboxylic acids is 1. The van der Waals surface area contributed by atoms with Gasteiger partial charge in [-0.25, -0.2) is 14.8 Å². The van der Waals surface area contributed by atoms with Crippen molar-refractivity contribution in [3.8, 4) is 22.8 Å². The smallest absolute Gasteiger partial charge is 0.654 e. The molecule has 42 heavy (non-hydrogen) atoms. The molecule has 11 heteroatoms. The van der Waals surface area contributed by atoms with Crippen LogP contribution in [0.2, 0.25) is 0 Å². The van der Waals surface area contributed by atoms with Crippen molar-refractivity contribution in [2.45, 2.75) is 0 Å². The molecule has 0 spiro atoms. The second kappa shape index (κ2) is 18.8. The van der Waals surface area contributed by atoms with Crippen molar-refractivity contribution in [2.24, 2.45) is 0 Å². The predicted molar refractivity (Wildman–Crippen MR) is 150 cm³/mol. The fraction of sp³-hybridized carbons (Fsp3) is 0. The summed E-state index contributed by atoms with van der Waals surface area (Å²) >= 11 is 0. The number of hydrogen-bond donors (Lipinski definition) is 1. The molecule has 1 N–H and O–H groups in total. The van der Waals surface area contributed by atoms with Crippen molar-refractivity contribution in [3.63, 3.8) is 0 Å². The summed E-state index contributed by atoms with van der Waals surface area (Å²) in [6.45, 7) is 0. The number of nitrogens with zero attached hydrogens (tertiary/aromatic N) is 6. The van der Waals surface area contributed by atoms with E-state index < -0.39 is 11.9 Å². The van der Waals surface area contributed by atoms with Crippen LogP contribution in [0.1, 0.15) is 21.0 Å². The number of carboxylic acid groups (broad SMARTS) is 2. The van der Waals surface area contributed by atoms with Crippen LogP contribution in [0.3, 0.4) is 0 Å². The van der Waals surface area contributed by atoms with E-state index in [0.717, 1.165) is 0 Å². The zero-order valence-corrected chi connectivity index (χ0v) is 23.7. The molecule has 6 rings (SSSR count). The van der Waals surface area contributed by atoms with Crippen LogP contribution in [0.5, 0.6) is 0 Å². The maximum Gasteiger partial charge on any atom is 2.00 e. The molecule has 0 aliphatic carbocycles. The van der Waals surface area contributed by atoms with Crippen LogP contribution in [0.4, 0.5) is 0 Å². The fourth-order valence-electron chi connectivity index (χ4n) is 2.97. The third-order valence-electron chi connectivity index (χ3n) is 4.79. The molecule has 6 heterocycles. The third-order valence-corrected chi connectivity index (χ3v) is 4.79. The van der Waals surface area contributed by atoms with Gasteiger partial charge in [-0.2, -0.15) is 0 Å². The Morgan fingerprint density at radius 1 is 0.548 bits per heavy atom. The average molecular weight is 646 g/mol. The molecule has 0 radical (unpaired) electrons. The first kappa shape index (κ1) is 32.8. The maximum absolute atomic E-state index is 11.0. The van der Waals surface area contributed by atoms with Gasteiger partial charge in [0.05, 0.1) is 11.7 Å². The minimum absolute atomic E-state index is 0. The molecule has 10 nitrogen and oxygen atoms in total. The molecule has 210 valence electrons. The molecule has 0 amide bonds. The Kier molecular flexibility index (Phi) is 14.7. The Hall–Kier alpha value is -5.41. The summed E-state index contributed by atoms with van der Waals surface area (Å²) in [5.41, 5.74) is 1.47. The summed E-state index contributed by atoms with van der Waals surface area (Å²) in [6, 6.07) is 29.6. The van der Waals surface area contributed by atoms with Gasteiger partial charge in [0.2, 0.25) is 0 Å². The normalized spacial score (nSPS) is 9.14. The molecule has 6 aromatic heterocycles. The van der Waals surface area contributed by atoms with Gasteiger partial charge in [0.25, 0.3) is 0 Å². The van der Waals surface area contributed by atoms with Crippen molar-refractivity contribution in [1.82, 2.24) is 29.9 Å². The number of aromatic nitrogens is 6. The third kappa shape index (κ3) is 11.8. The Morgan fingerprint density at radius 3 is 1.24 bits per heavy atom. The van der Waals surface area contributed by atoms with Gasteiger partial charge in [0.15, 0.2) is 0 Å². The average Bonchev–Trinajstić information content (AvgIpc) is 3.55. The first-order chi connectivity index (χ1) is 20.0. The van der Waals surface area contributed by atoms with Gasteiger partial charge < -0.3 is 20.0 Å². The van der Waals surface area contributed by atoms with Gasteiger partial charge in [-0.1, -0.05) is 42.5 Å². The van der Waals surface area contributed by atoms with E-state index >= 15 is 0 Å². The zero-order valence-electron chi connectivity index (χ0n) is 22.0. The Morgan fingerprint density at radius 2 is 0.929 bits per heavy atom. The summed E-state index contributed by atoms with van der Waals surface area (Å²) in [5, 5.41) is 19.8. The minimum Gasteiger partial charge on any atom is -0.654 e. The number of pyridine rings is 5. The maximum atomic E-state index is 11.0. The molecule has 0 saturated heterocycles. The Bertz CT molecular complexity index is 1380. The quantitative estimate of drug-likeness (QED) is 0.277. The number of carbonyl (C=O) groups is 2. The largest absolute Gasteiger partial charge is 2.00 e. The van der Waals surface area contributed by atoms with Crippen LogP contribution < -0.4 is 10.1 Å². The van der Waals surface area contributed by atoms with Crippen LogP contribution in [0, 0.1) is 0 Å². The van der Waals surface area contributed by atoms with Crippen LogP contribution in [-0.2, 0) is 19.5 Å². The van der Waals surface area contributed by atoms with E-state index in [1.165, 1.54) is 12.1 Å². The first-order valence-electron chi connectivity index (χ1n) is 12.1. The molecule has 0 bridgehead atoms. The number of rotatable bonds is 4. The van der Waals surface area contributed by atoms with Crippen molar-refractivity contribution in [1.29, 1.82) is 0 Å². The van der Waals surface area contributed by atoms with E-state index in [1.54, 1.807) is 73.6 Å². The first-order valence-corrected chi connectivity index (χ1v) is 12.1. The standard InChI is InChI=1S/C16H11N3O4.3C5H5N.Ru/c20-15(21)13-5-1-3-9(18-13)11-7-8-12(17-11)10-4-2-6-14(19-10)16(22)23;3*1-2-4-6-5-3-1;/h1-8H,(H3,17,18,19,20,21,22,23);3*1-5H;/q;;;;+2/p-2. The van der Waals surface area contributed by atoms with Crippen LogP contribution in [-0.4, -0.2) is 42.0 Å². The molecule has 0 aliphatic rings. The van der Waals surface area contributed by atoms with Gasteiger partial charge in [-0.05, 0) is 60.7 Å². The molecule has 0 unspecified atom stereocenters. The van der Waals surface area contributed by atoms with Crippen molar-refractivity contribution in [3.05, 3.63) is 152 Å². The Labute approximate surface area is 255 Å². The SMILES string of the molecule is O=C([O-])c1cccc(-c2ccc(-c3cccc(C(=O)O)n3)[n-]2)n1.[Ru+2].c1ccncc1.c1ccncc1.c1ccncc1. The van der Waals surface area contributed by atoms with Crippen molar-refractivity contribution in [2.75, 3.05) is 0 Å². The summed E-state index contributed by atoms with van der Waals surface area (Å²) < 4.78 is 0. The Balaban J connectivity index is 0.000000260. The molecular formula is C31H24N6O4Ru. The molecule has 6 aromatic rings. The topological polar surface area (TPSA) is 156 Å². The van der Waals surface area contributed by atoms with E-state index in [1.807, 2.05) is 54.6 Å². The molecule has 0 atom stereocenters. The number of hydrogen-bond acceptors (Lipinski definition) is 8. The van der Waals surface area contributed by atoms with Gasteiger partial charge >= 0.3 is 25.4 Å². The summed E-state index contributed by atoms with van der Waals surface area (Å²) in [5.74, 6) is -2.49. The van der Waals surface area contributed by atoms with Gasteiger partial charge in [-0.3, -0.25) is 15.0 Å². The van der Waals surface area contributed by atoms with E-state index in [9.17, 15) is 14.7 Å². The zero-order chi connectivity index (χ0) is 29.1. The van der Waals surface area contributed by atoms with E-state index in [0.29, 0.717) is 22.8 Å². The van der Waals surface area contributed by atoms with E-state index in [2.05, 4.69) is 29.9 Å². The van der Waals surface area contributed by atoms with Gasteiger partial charge in [0.1, 0.15) is 5.69 Å². The summed E-state index contributed by atoms with van der Waals surface area (Å²) in [4.78, 5) is 45.5. The van der Waals surface area contributed by atoms with Gasteiger partial charge in [0, 0.05) is 48.6 Å². The number of carboxylic acids is 2. The molecule has 0 saturated carbocycles. The fourth-order valence-corrected chi connectivity index (χ4v) is 2.97. The van der Waals surface area contributed by atoms with Crippen molar-refractivity contribution < 1.29 is 39.3 Å². The monoisotopic (exact) mass is 646 g/mol. The molecule has 0 aromatic carbocycles. The van der Waals surface area contributed by atoms with Crippen LogP contribution in [0.25, 0.3) is 22.8 Å².